The Kier molecular flexibility index (Phi) is 9.96. The van der Waals surface area contributed by atoms with Gasteiger partial charge in [-0.1, -0.05) is 87.6 Å². The second-order valence-corrected chi connectivity index (χ2v) is 11.8. The summed E-state index contributed by atoms with van der Waals surface area (Å²) in [6.45, 7) is 2.53. The molecule has 34 heavy (non-hydrogen) atoms. The predicted molar refractivity (Wildman–Crippen MR) is 137 cm³/mol. The zero-order valence-electron chi connectivity index (χ0n) is 20.9. The molecule has 5 nitrogen and oxygen atoms in total. The number of carbonyl (C=O) groups is 1. The molecule has 3 rings (SSSR count). The molecule has 1 spiro atoms. The summed E-state index contributed by atoms with van der Waals surface area (Å²) in [5.74, 6) is -0.423. The number of aryl methyl sites for hydroxylation is 1. The molecule has 0 aromatic heterocycles. The van der Waals surface area contributed by atoms with E-state index in [4.69, 9.17) is 4.74 Å². The maximum Gasteiger partial charge on any atom is 0.330 e. The Labute approximate surface area is 206 Å². The molecule has 0 bridgehead atoms. The first kappa shape index (κ1) is 26.7. The number of carbonyl (C=O) groups excluding carboxylic acids is 1. The van der Waals surface area contributed by atoms with E-state index in [0.29, 0.717) is 11.4 Å². The fraction of sp³-hybridized carbons (Fsp3) is 0.607. The monoisotopic (exact) mass is 487 g/mol. The second kappa shape index (κ2) is 12.7. The number of hydrogen-bond donors (Lipinski definition) is 0. The van der Waals surface area contributed by atoms with Gasteiger partial charge in [-0.15, -0.1) is 0 Å². The summed E-state index contributed by atoms with van der Waals surface area (Å²) in [5.41, 5.74) is 1.40. The van der Waals surface area contributed by atoms with Crippen molar-refractivity contribution >= 4 is 16.0 Å². The van der Waals surface area contributed by atoms with Crippen LogP contribution < -0.4 is 0 Å². The smallest absolute Gasteiger partial charge is 0.330 e. The molecule has 0 unspecified atom stereocenters. The van der Waals surface area contributed by atoms with Crippen molar-refractivity contribution in [2.24, 2.45) is 5.41 Å². The average Bonchev–Trinajstić information content (AvgIpc) is 3.17. The van der Waals surface area contributed by atoms with Crippen LogP contribution >= 0.6 is 0 Å². The van der Waals surface area contributed by atoms with E-state index in [1.807, 2.05) is 19.1 Å². The van der Waals surface area contributed by atoms with E-state index in [9.17, 15) is 13.2 Å². The van der Waals surface area contributed by atoms with Gasteiger partial charge in [-0.2, -0.15) is 4.31 Å². The van der Waals surface area contributed by atoms with Gasteiger partial charge in [-0.05, 0) is 43.9 Å². The standard InChI is InChI=1S/C28H41NO4S/c1-24-15-17-26(18-16-24)34(31,32)29-22-25(21-27(30)33-2)28(23-29)19-13-11-9-7-5-3-4-6-8-10-12-14-20-28/h13,15-19,21H,3-12,14,20,22-23H2,1-2H3/b19-13-,25-21+/t28-/m0/s1. The van der Waals surface area contributed by atoms with Gasteiger partial charge in [0.1, 0.15) is 0 Å². The van der Waals surface area contributed by atoms with Crippen molar-refractivity contribution in [3.63, 3.8) is 0 Å². The van der Waals surface area contributed by atoms with Crippen LogP contribution in [0.2, 0.25) is 0 Å². The van der Waals surface area contributed by atoms with Crippen molar-refractivity contribution in [2.75, 3.05) is 20.2 Å². The Morgan fingerprint density at radius 3 is 2.15 bits per heavy atom. The number of benzene rings is 1. The van der Waals surface area contributed by atoms with E-state index in [2.05, 4.69) is 12.2 Å². The Morgan fingerprint density at radius 2 is 1.53 bits per heavy atom. The predicted octanol–water partition coefficient (Wildman–Crippen LogP) is 6.34. The SMILES string of the molecule is COC(=O)/C=C1\CN(S(=O)(=O)c2ccc(C)cc2)C[C@@]12/C=C\CCCCCCCCCCCC2. The third kappa shape index (κ3) is 7.05. The number of allylic oxidation sites excluding steroid dienone is 1. The van der Waals surface area contributed by atoms with Crippen LogP contribution in [0, 0.1) is 12.3 Å². The van der Waals surface area contributed by atoms with Gasteiger partial charge < -0.3 is 4.74 Å². The Bertz CT molecular complexity index is 965. The van der Waals surface area contributed by atoms with Crippen molar-refractivity contribution in [3.8, 4) is 0 Å². The van der Waals surface area contributed by atoms with Crippen molar-refractivity contribution < 1.29 is 17.9 Å². The number of rotatable bonds is 3. The molecule has 188 valence electrons. The van der Waals surface area contributed by atoms with Gasteiger partial charge in [0, 0.05) is 24.6 Å². The highest BCUT2D eigenvalue weighted by Crippen LogP contribution is 2.44. The molecular formula is C28H41NO4S. The molecule has 0 saturated carbocycles. The van der Waals surface area contributed by atoms with E-state index >= 15 is 0 Å². The minimum absolute atomic E-state index is 0.218. The molecule has 1 aliphatic carbocycles. The largest absolute Gasteiger partial charge is 0.466 e. The van der Waals surface area contributed by atoms with Crippen molar-refractivity contribution in [1.29, 1.82) is 0 Å². The first-order chi connectivity index (χ1) is 16.4. The third-order valence-corrected chi connectivity index (χ3v) is 9.08. The zero-order chi connectivity index (χ0) is 24.4. The number of methoxy groups -OCH3 is 1. The van der Waals surface area contributed by atoms with Gasteiger partial charge >= 0.3 is 5.97 Å². The van der Waals surface area contributed by atoms with E-state index in [1.165, 1.54) is 58.1 Å². The maximum absolute atomic E-state index is 13.5. The third-order valence-electron chi connectivity index (χ3n) is 7.28. The fourth-order valence-corrected chi connectivity index (χ4v) is 6.64. The molecule has 1 aromatic carbocycles. The Morgan fingerprint density at radius 1 is 0.941 bits per heavy atom. The highest BCUT2D eigenvalue weighted by Gasteiger charge is 2.45. The summed E-state index contributed by atoms with van der Waals surface area (Å²) in [5, 5.41) is 0. The molecule has 1 aliphatic heterocycles. The lowest BCUT2D eigenvalue weighted by atomic mass is 9.77. The molecule has 0 N–H and O–H groups in total. The van der Waals surface area contributed by atoms with Crippen molar-refractivity contribution in [1.82, 2.24) is 4.31 Å². The lowest BCUT2D eigenvalue weighted by Crippen LogP contribution is -2.31. The van der Waals surface area contributed by atoms with Crippen LogP contribution in [0.3, 0.4) is 0 Å². The number of nitrogens with zero attached hydrogens (tertiary/aromatic N) is 1. The zero-order valence-corrected chi connectivity index (χ0v) is 21.7. The lowest BCUT2D eigenvalue weighted by molar-refractivity contribution is -0.134. The summed E-state index contributed by atoms with van der Waals surface area (Å²) < 4.78 is 33.5. The van der Waals surface area contributed by atoms with Gasteiger partial charge in [-0.3, -0.25) is 0 Å². The van der Waals surface area contributed by atoms with Gasteiger partial charge in [-0.25, -0.2) is 13.2 Å². The second-order valence-electron chi connectivity index (χ2n) is 9.91. The molecule has 2 aliphatic rings. The number of hydrogen-bond acceptors (Lipinski definition) is 4. The lowest BCUT2D eigenvalue weighted by Gasteiger charge is -2.28. The van der Waals surface area contributed by atoms with Crippen LogP contribution in [-0.4, -0.2) is 38.9 Å². The van der Waals surface area contributed by atoms with Crippen LogP contribution in [0.25, 0.3) is 0 Å². The summed E-state index contributed by atoms with van der Waals surface area (Å²) in [7, 11) is -2.30. The summed E-state index contributed by atoms with van der Waals surface area (Å²) in [6, 6.07) is 7.00. The normalized spacial score (nSPS) is 26.1. The molecular weight excluding hydrogens is 446 g/mol. The van der Waals surface area contributed by atoms with E-state index in [1.54, 1.807) is 16.4 Å². The molecule has 1 aromatic rings. The van der Waals surface area contributed by atoms with E-state index in [0.717, 1.165) is 43.2 Å². The average molecular weight is 488 g/mol. The Balaban J connectivity index is 1.92. The number of esters is 1. The minimum Gasteiger partial charge on any atom is -0.466 e. The van der Waals surface area contributed by atoms with Gasteiger partial charge in [0.2, 0.25) is 10.0 Å². The first-order valence-corrected chi connectivity index (χ1v) is 14.3. The molecule has 0 amide bonds. The van der Waals surface area contributed by atoms with Crippen LogP contribution in [0.1, 0.15) is 82.6 Å². The number of ether oxygens (including phenoxy) is 1. The van der Waals surface area contributed by atoms with Gasteiger partial charge in [0.15, 0.2) is 0 Å². The molecule has 1 heterocycles. The topological polar surface area (TPSA) is 63.7 Å². The van der Waals surface area contributed by atoms with Crippen LogP contribution in [0.5, 0.6) is 0 Å². The molecule has 1 saturated heterocycles. The van der Waals surface area contributed by atoms with Crippen LogP contribution in [0.4, 0.5) is 0 Å². The molecule has 6 heteroatoms. The molecule has 1 atom stereocenters. The van der Waals surface area contributed by atoms with Gasteiger partial charge in [0.25, 0.3) is 0 Å². The first-order valence-electron chi connectivity index (χ1n) is 12.9. The highest BCUT2D eigenvalue weighted by molar-refractivity contribution is 7.89. The van der Waals surface area contributed by atoms with Crippen LogP contribution in [-0.2, 0) is 19.6 Å². The quantitative estimate of drug-likeness (QED) is 0.284. The van der Waals surface area contributed by atoms with Crippen LogP contribution in [0.15, 0.2) is 53.0 Å². The maximum atomic E-state index is 13.5. The molecule has 0 radical (unpaired) electrons. The van der Waals surface area contributed by atoms with E-state index < -0.39 is 21.4 Å². The van der Waals surface area contributed by atoms with Crippen molar-refractivity contribution in [3.05, 3.63) is 53.6 Å². The molecule has 1 fully saturated rings. The highest BCUT2D eigenvalue weighted by atomic mass is 32.2. The van der Waals surface area contributed by atoms with E-state index in [-0.39, 0.29) is 6.54 Å². The Hall–Kier alpha value is -1.92. The number of sulfonamides is 1. The fourth-order valence-electron chi connectivity index (χ4n) is 5.15. The van der Waals surface area contributed by atoms with Gasteiger partial charge in [0.05, 0.1) is 12.0 Å². The summed E-state index contributed by atoms with van der Waals surface area (Å²) in [6.07, 6.45) is 20.0. The summed E-state index contributed by atoms with van der Waals surface area (Å²) in [4.78, 5) is 12.6. The minimum atomic E-state index is -3.67. The summed E-state index contributed by atoms with van der Waals surface area (Å²) >= 11 is 0. The van der Waals surface area contributed by atoms with Crippen molar-refractivity contribution in [2.45, 2.75) is 88.9 Å².